The second-order valence-electron chi connectivity index (χ2n) is 2.42. The van der Waals surface area contributed by atoms with Crippen LogP contribution in [0.25, 0.3) is 11.0 Å². The Balaban J connectivity index is 0.000000845. The molecule has 0 bridgehead atoms. The molecule has 1 heterocycles. The van der Waals surface area contributed by atoms with Gasteiger partial charge in [-0.15, -0.1) is 0 Å². The molecule has 0 saturated heterocycles. The number of benzene rings is 1. The van der Waals surface area contributed by atoms with Crippen molar-refractivity contribution in [1.29, 1.82) is 0 Å². The van der Waals surface area contributed by atoms with Crippen molar-refractivity contribution in [3.63, 3.8) is 0 Å². The minimum absolute atomic E-state index is 0. The molecule has 1 aromatic heterocycles. The van der Waals surface area contributed by atoms with E-state index in [2.05, 4.69) is 9.97 Å². The maximum Gasteiger partial charge on any atom is 1.00 e. The average molecular weight is 200 g/mol. The van der Waals surface area contributed by atoms with E-state index in [9.17, 15) is 9.90 Å². The number of carbonyl (C=O) groups is 1. The van der Waals surface area contributed by atoms with Crippen LogP contribution in [0.1, 0.15) is 10.4 Å². The van der Waals surface area contributed by atoms with E-state index in [0.717, 1.165) is 5.52 Å². The fraction of sp³-hybridized carbons (Fsp3) is 0. The molecule has 0 aliphatic rings. The summed E-state index contributed by atoms with van der Waals surface area (Å²) in [5.74, 6) is -1.17. The van der Waals surface area contributed by atoms with Crippen molar-refractivity contribution < 1.29 is 61.3 Å². The monoisotopic (exact) mass is 200 g/mol. The van der Waals surface area contributed by atoms with Crippen LogP contribution in [-0.2, 0) is 0 Å². The van der Waals surface area contributed by atoms with E-state index in [-0.39, 0.29) is 56.9 Å². The first-order valence-electron chi connectivity index (χ1n) is 3.42. The fourth-order valence-corrected chi connectivity index (χ4v) is 1.06. The third kappa shape index (κ3) is 2.18. The van der Waals surface area contributed by atoms with Crippen molar-refractivity contribution in [2.45, 2.75) is 0 Å². The van der Waals surface area contributed by atoms with Crippen LogP contribution in [0.4, 0.5) is 0 Å². The number of rotatable bonds is 1. The first-order valence-corrected chi connectivity index (χ1v) is 3.42. The van der Waals surface area contributed by atoms with Crippen molar-refractivity contribution in [2.24, 2.45) is 0 Å². The van der Waals surface area contributed by atoms with E-state index in [1.54, 1.807) is 6.07 Å². The molecule has 0 aliphatic carbocycles. The molecule has 0 unspecified atom stereocenters. The predicted molar refractivity (Wildman–Crippen MR) is 40.4 cm³/mol. The Labute approximate surface area is 117 Å². The number of hydrogen-bond donors (Lipinski definition) is 1. The van der Waals surface area contributed by atoms with Gasteiger partial charge in [0.05, 0.1) is 23.3 Å². The number of hydrogen-bond acceptors (Lipinski definition) is 3. The maximum absolute atomic E-state index is 10.4. The zero-order valence-electron chi connectivity index (χ0n) is 7.07. The van der Waals surface area contributed by atoms with Gasteiger partial charge in [-0.05, 0) is 17.7 Å². The van der Waals surface area contributed by atoms with Gasteiger partial charge in [0.2, 0.25) is 0 Å². The standard InChI is InChI=1S/C8H6N2O2.K/c11-8(12)5-1-2-6-7(3-5)10-4-9-6;/h1-4H,(H,9,10)(H,11,12);/q;+1/p-1. The molecule has 0 aliphatic heterocycles. The summed E-state index contributed by atoms with van der Waals surface area (Å²) in [7, 11) is 0. The molecule has 0 radical (unpaired) electrons. The normalized spacial score (nSPS) is 9.54. The van der Waals surface area contributed by atoms with Gasteiger partial charge in [0.1, 0.15) is 0 Å². The van der Waals surface area contributed by atoms with E-state index in [0.29, 0.717) is 5.52 Å². The topological polar surface area (TPSA) is 68.8 Å². The first-order chi connectivity index (χ1) is 5.77. The molecule has 0 fully saturated rings. The Morgan fingerprint density at radius 2 is 2.23 bits per heavy atom. The Bertz CT molecular complexity index is 438. The number of carbonyl (C=O) groups excluding carboxylic acids is 1. The molecule has 1 aromatic carbocycles. The van der Waals surface area contributed by atoms with E-state index >= 15 is 0 Å². The summed E-state index contributed by atoms with van der Waals surface area (Å²) in [5.41, 5.74) is 1.61. The summed E-state index contributed by atoms with van der Waals surface area (Å²) in [6, 6.07) is 4.60. The SMILES string of the molecule is O=C([O-])c1ccc2nc[nH]c2c1.[K+]. The number of nitrogens with zero attached hydrogens (tertiary/aromatic N) is 1. The number of nitrogens with one attached hydrogen (secondary N) is 1. The molecule has 4 nitrogen and oxygen atoms in total. The summed E-state index contributed by atoms with van der Waals surface area (Å²) in [6.45, 7) is 0. The molecule has 0 saturated carbocycles. The summed E-state index contributed by atoms with van der Waals surface area (Å²) < 4.78 is 0. The first kappa shape index (κ1) is 10.9. The van der Waals surface area contributed by atoms with Crippen molar-refractivity contribution in [3.8, 4) is 0 Å². The van der Waals surface area contributed by atoms with Gasteiger partial charge in [0.15, 0.2) is 0 Å². The van der Waals surface area contributed by atoms with Gasteiger partial charge in [-0.25, -0.2) is 4.98 Å². The number of carboxylic acids is 1. The number of aromatic nitrogens is 2. The van der Waals surface area contributed by atoms with Gasteiger partial charge in [0, 0.05) is 0 Å². The molecule has 0 spiro atoms. The minimum atomic E-state index is -1.17. The predicted octanol–water partition coefficient (Wildman–Crippen LogP) is -3.07. The molecular formula is C8H5KN2O2. The molecule has 60 valence electrons. The second-order valence-corrected chi connectivity index (χ2v) is 2.42. The van der Waals surface area contributed by atoms with Crippen LogP contribution in [0.2, 0.25) is 0 Å². The Kier molecular flexibility index (Phi) is 3.63. The molecule has 2 aromatic rings. The Morgan fingerprint density at radius 3 is 2.92 bits per heavy atom. The fourth-order valence-electron chi connectivity index (χ4n) is 1.06. The number of aromatic carboxylic acids is 1. The van der Waals surface area contributed by atoms with Crippen molar-refractivity contribution in [2.75, 3.05) is 0 Å². The largest absolute Gasteiger partial charge is 1.00 e. The average Bonchev–Trinajstić information content (AvgIpc) is 2.49. The van der Waals surface area contributed by atoms with Gasteiger partial charge in [0.25, 0.3) is 0 Å². The second kappa shape index (κ2) is 4.34. The van der Waals surface area contributed by atoms with Crippen LogP contribution in [0.5, 0.6) is 0 Å². The molecule has 0 atom stereocenters. The van der Waals surface area contributed by atoms with Gasteiger partial charge >= 0.3 is 51.4 Å². The third-order valence-electron chi connectivity index (χ3n) is 1.66. The van der Waals surface area contributed by atoms with Gasteiger partial charge in [-0.2, -0.15) is 0 Å². The molecule has 13 heavy (non-hydrogen) atoms. The molecule has 2 rings (SSSR count). The summed E-state index contributed by atoms with van der Waals surface area (Å²) in [6.07, 6.45) is 1.52. The number of carboxylic acid groups (broad SMARTS) is 1. The van der Waals surface area contributed by atoms with Crippen LogP contribution in [0.3, 0.4) is 0 Å². The van der Waals surface area contributed by atoms with Crippen LogP contribution in [0.15, 0.2) is 24.5 Å². The van der Waals surface area contributed by atoms with Crippen molar-refractivity contribution >= 4 is 17.0 Å². The smallest absolute Gasteiger partial charge is 0.545 e. The Hall–Kier alpha value is -0.204. The summed E-state index contributed by atoms with van der Waals surface area (Å²) in [4.78, 5) is 17.2. The zero-order chi connectivity index (χ0) is 8.55. The molecule has 0 amide bonds. The number of imidazole rings is 1. The summed E-state index contributed by atoms with van der Waals surface area (Å²) >= 11 is 0. The number of H-pyrrole nitrogens is 1. The third-order valence-corrected chi connectivity index (χ3v) is 1.66. The molecule has 1 N–H and O–H groups in total. The van der Waals surface area contributed by atoms with E-state index in [1.165, 1.54) is 18.5 Å². The number of fused-ring (bicyclic) bond motifs is 1. The van der Waals surface area contributed by atoms with E-state index in [4.69, 9.17) is 0 Å². The quantitative estimate of drug-likeness (QED) is 0.497. The van der Waals surface area contributed by atoms with Gasteiger partial charge in [-0.1, -0.05) is 6.07 Å². The van der Waals surface area contributed by atoms with E-state index in [1.807, 2.05) is 0 Å². The van der Waals surface area contributed by atoms with Crippen molar-refractivity contribution in [1.82, 2.24) is 9.97 Å². The maximum atomic E-state index is 10.4. The molecular weight excluding hydrogens is 195 g/mol. The zero-order valence-corrected chi connectivity index (χ0v) is 10.2. The van der Waals surface area contributed by atoms with Crippen LogP contribution in [0, 0.1) is 0 Å². The number of aromatic amines is 1. The van der Waals surface area contributed by atoms with Gasteiger partial charge < -0.3 is 14.9 Å². The van der Waals surface area contributed by atoms with Crippen LogP contribution < -0.4 is 56.5 Å². The van der Waals surface area contributed by atoms with Gasteiger partial charge in [-0.3, -0.25) is 0 Å². The summed E-state index contributed by atoms with van der Waals surface area (Å²) in [5, 5.41) is 10.4. The van der Waals surface area contributed by atoms with Crippen LogP contribution >= 0.6 is 0 Å². The van der Waals surface area contributed by atoms with E-state index < -0.39 is 5.97 Å². The molecule has 5 heteroatoms. The Morgan fingerprint density at radius 1 is 1.46 bits per heavy atom. The van der Waals surface area contributed by atoms with Crippen LogP contribution in [-0.4, -0.2) is 15.9 Å². The van der Waals surface area contributed by atoms with Crippen molar-refractivity contribution in [3.05, 3.63) is 30.1 Å². The minimum Gasteiger partial charge on any atom is -0.545 e.